The molecule has 2 atom stereocenters. The first-order valence-corrected chi connectivity index (χ1v) is 10.0. The van der Waals surface area contributed by atoms with Crippen molar-refractivity contribution in [3.05, 3.63) is 69.9 Å². The molecule has 2 aromatic carbocycles. The Hall–Kier alpha value is -2.30. The monoisotopic (exact) mass is 397 g/mol. The molecule has 1 aliphatic heterocycles. The molecule has 146 valence electrons. The molecular weight excluding hydrogens is 374 g/mol. The van der Waals surface area contributed by atoms with Gasteiger partial charge in [-0.25, -0.2) is 0 Å². The second-order valence-electron chi connectivity index (χ2n) is 7.64. The number of halogens is 1. The van der Waals surface area contributed by atoms with Crippen LogP contribution in [-0.4, -0.2) is 22.7 Å². The largest absolute Gasteiger partial charge is 0.481 e. The van der Waals surface area contributed by atoms with Crippen molar-refractivity contribution in [2.45, 2.75) is 44.6 Å². The highest BCUT2D eigenvalue weighted by Crippen LogP contribution is 2.48. The highest BCUT2D eigenvalue weighted by atomic mass is 35.5. The minimum atomic E-state index is -0.865. The van der Waals surface area contributed by atoms with E-state index < -0.39 is 11.6 Å². The molecule has 0 spiro atoms. The first-order valence-electron chi connectivity index (χ1n) is 9.66. The van der Waals surface area contributed by atoms with Gasteiger partial charge in [-0.05, 0) is 42.5 Å². The first kappa shape index (κ1) is 19.0. The number of carbonyl (C=O) groups is 1. The number of nitrogens with one attached hydrogen (secondary N) is 1. The minimum absolute atomic E-state index is 0.0714. The number of hydrogen-bond acceptors (Lipinski definition) is 2. The van der Waals surface area contributed by atoms with Crippen LogP contribution >= 0.6 is 11.6 Å². The molecule has 0 saturated carbocycles. The van der Waals surface area contributed by atoms with Crippen LogP contribution in [0.5, 0.6) is 0 Å². The molecule has 2 unspecified atom stereocenters. The zero-order valence-electron chi connectivity index (χ0n) is 16.1. The maximum Gasteiger partial charge on any atom is 0.306 e. The van der Waals surface area contributed by atoms with Gasteiger partial charge in [0, 0.05) is 11.3 Å². The number of aryl methyl sites for hydroxylation is 1. The van der Waals surface area contributed by atoms with Crippen LogP contribution in [0.2, 0.25) is 5.02 Å². The van der Waals surface area contributed by atoms with E-state index in [1.54, 1.807) is 0 Å². The lowest BCUT2D eigenvalue weighted by molar-refractivity contribution is -0.149. The highest BCUT2D eigenvalue weighted by molar-refractivity contribution is 6.36. The fraction of sp³-hybridized carbons (Fsp3) is 0.348. The molecule has 1 aromatic heterocycles. The number of carboxylic acid groups (broad SMARTS) is 1. The third kappa shape index (κ3) is 3.11. The normalized spacial score (nSPS) is 21.6. The summed E-state index contributed by atoms with van der Waals surface area (Å²) in [5.74, 6) is -0.755. The Morgan fingerprint density at radius 1 is 1.29 bits per heavy atom. The number of fused-ring (bicyclic) bond motifs is 3. The van der Waals surface area contributed by atoms with Crippen molar-refractivity contribution in [3.8, 4) is 0 Å². The molecule has 0 bridgehead atoms. The zero-order valence-corrected chi connectivity index (χ0v) is 16.8. The summed E-state index contributed by atoms with van der Waals surface area (Å²) in [4.78, 5) is 15.2. The van der Waals surface area contributed by atoms with Crippen molar-refractivity contribution >= 4 is 28.5 Å². The summed E-state index contributed by atoms with van der Waals surface area (Å²) in [5.41, 5.74) is 4.42. The van der Waals surface area contributed by atoms with Crippen LogP contribution in [-0.2, 0) is 21.6 Å². The van der Waals surface area contributed by atoms with E-state index in [-0.39, 0.29) is 12.3 Å². The van der Waals surface area contributed by atoms with Crippen molar-refractivity contribution in [1.82, 2.24) is 4.98 Å². The van der Waals surface area contributed by atoms with Crippen molar-refractivity contribution in [2.75, 3.05) is 6.61 Å². The first-order chi connectivity index (χ1) is 13.4. The number of H-pyrrole nitrogens is 1. The lowest BCUT2D eigenvalue weighted by Gasteiger charge is -2.39. The molecule has 3 aromatic rings. The Morgan fingerprint density at radius 3 is 2.71 bits per heavy atom. The third-order valence-corrected chi connectivity index (χ3v) is 6.22. The molecule has 2 heterocycles. The van der Waals surface area contributed by atoms with E-state index in [4.69, 9.17) is 16.3 Å². The second-order valence-corrected chi connectivity index (χ2v) is 8.05. The molecule has 0 amide bonds. The molecular formula is C23H24ClNO3. The molecule has 28 heavy (non-hydrogen) atoms. The fourth-order valence-electron chi connectivity index (χ4n) is 4.45. The predicted molar refractivity (Wildman–Crippen MR) is 111 cm³/mol. The molecule has 0 fully saturated rings. The number of ether oxygens (including phenoxy) is 1. The number of rotatable bonds is 5. The summed E-state index contributed by atoms with van der Waals surface area (Å²) in [6, 6.07) is 14.2. The number of aromatic nitrogens is 1. The Kier molecular flexibility index (Phi) is 4.94. The van der Waals surface area contributed by atoms with Gasteiger partial charge < -0.3 is 14.8 Å². The number of aromatic amines is 1. The van der Waals surface area contributed by atoms with E-state index in [9.17, 15) is 9.90 Å². The van der Waals surface area contributed by atoms with E-state index in [0.29, 0.717) is 18.1 Å². The van der Waals surface area contributed by atoms with Gasteiger partial charge in [0.2, 0.25) is 0 Å². The van der Waals surface area contributed by atoms with Gasteiger partial charge in [-0.15, -0.1) is 0 Å². The molecule has 2 N–H and O–H groups in total. The van der Waals surface area contributed by atoms with E-state index in [0.717, 1.165) is 34.1 Å². The molecule has 5 heteroatoms. The third-order valence-electron chi connectivity index (χ3n) is 5.91. The van der Waals surface area contributed by atoms with Gasteiger partial charge >= 0.3 is 5.97 Å². The summed E-state index contributed by atoms with van der Waals surface area (Å²) in [6.07, 6.45) is 1.32. The van der Waals surface area contributed by atoms with Crippen LogP contribution < -0.4 is 0 Å². The SMILES string of the molecule is CCC1(CC(=O)O)OCC(Cc2ccccc2)c2c1[nH]c1c(C)ccc(Cl)c21. The summed E-state index contributed by atoms with van der Waals surface area (Å²) >= 11 is 6.64. The van der Waals surface area contributed by atoms with Crippen LogP contribution in [0.15, 0.2) is 42.5 Å². The van der Waals surface area contributed by atoms with Crippen LogP contribution in [0.4, 0.5) is 0 Å². The number of benzene rings is 2. The topological polar surface area (TPSA) is 62.3 Å². The quantitative estimate of drug-likeness (QED) is 0.591. The van der Waals surface area contributed by atoms with E-state index >= 15 is 0 Å². The van der Waals surface area contributed by atoms with Gasteiger partial charge in [0.25, 0.3) is 0 Å². The summed E-state index contributed by atoms with van der Waals surface area (Å²) in [7, 11) is 0. The molecule has 1 aliphatic rings. The summed E-state index contributed by atoms with van der Waals surface area (Å²) in [6.45, 7) is 4.49. The molecule has 4 rings (SSSR count). The summed E-state index contributed by atoms with van der Waals surface area (Å²) < 4.78 is 6.29. The van der Waals surface area contributed by atoms with Gasteiger partial charge in [-0.1, -0.05) is 54.9 Å². The Morgan fingerprint density at radius 2 is 2.04 bits per heavy atom. The lowest BCUT2D eigenvalue weighted by Crippen LogP contribution is -2.39. The zero-order chi connectivity index (χ0) is 19.9. The highest BCUT2D eigenvalue weighted by Gasteiger charge is 2.44. The predicted octanol–water partition coefficient (Wildman–Crippen LogP) is 5.57. The molecule has 4 nitrogen and oxygen atoms in total. The lowest BCUT2D eigenvalue weighted by atomic mass is 9.80. The second kappa shape index (κ2) is 7.26. The molecule has 0 radical (unpaired) electrons. The average Bonchev–Trinajstić information content (AvgIpc) is 3.10. The minimum Gasteiger partial charge on any atom is -0.481 e. The van der Waals surface area contributed by atoms with Gasteiger partial charge in [-0.2, -0.15) is 0 Å². The fourth-order valence-corrected chi connectivity index (χ4v) is 4.71. The van der Waals surface area contributed by atoms with Crippen LogP contribution in [0.25, 0.3) is 10.9 Å². The number of hydrogen-bond donors (Lipinski definition) is 2. The summed E-state index contributed by atoms with van der Waals surface area (Å²) in [5, 5.41) is 11.2. The smallest absolute Gasteiger partial charge is 0.306 e. The van der Waals surface area contributed by atoms with E-state index in [2.05, 4.69) is 17.1 Å². The molecule has 0 saturated heterocycles. The van der Waals surface area contributed by atoms with E-state index in [1.807, 2.05) is 44.2 Å². The van der Waals surface area contributed by atoms with Crippen molar-refractivity contribution in [3.63, 3.8) is 0 Å². The Balaban J connectivity index is 1.93. The Labute approximate surface area is 169 Å². The number of aliphatic carboxylic acids is 1. The van der Waals surface area contributed by atoms with Crippen molar-refractivity contribution < 1.29 is 14.6 Å². The van der Waals surface area contributed by atoms with Gasteiger partial charge in [0.05, 0.1) is 29.3 Å². The average molecular weight is 398 g/mol. The van der Waals surface area contributed by atoms with Crippen LogP contribution in [0.1, 0.15) is 48.1 Å². The van der Waals surface area contributed by atoms with Crippen molar-refractivity contribution in [1.29, 1.82) is 0 Å². The van der Waals surface area contributed by atoms with E-state index in [1.165, 1.54) is 5.56 Å². The maximum absolute atomic E-state index is 11.6. The van der Waals surface area contributed by atoms with Gasteiger partial charge in [0.1, 0.15) is 5.60 Å². The maximum atomic E-state index is 11.6. The Bertz CT molecular complexity index is 1030. The van der Waals surface area contributed by atoms with Gasteiger partial charge in [0.15, 0.2) is 0 Å². The van der Waals surface area contributed by atoms with Crippen molar-refractivity contribution in [2.24, 2.45) is 0 Å². The van der Waals surface area contributed by atoms with Gasteiger partial charge in [-0.3, -0.25) is 4.79 Å². The standard InChI is InChI=1S/C23H24ClNO3/c1-3-23(12-18(26)27)22-19(20-17(24)10-9-14(2)21(20)25-22)16(13-28-23)11-15-7-5-4-6-8-15/h4-10,16,25H,3,11-13H2,1-2H3,(H,26,27). The molecule has 0 aliphatic carbocycles. The number of carboxylic acids is 1. The van der Waals surface area contributed by atoms with Crippen LogP contribution in [0.3, 0.4) is 0 Å². The van der Waals surface area contributed by atoms with Crippen LogP contribution in [0, 0.1) is 6.92 Å².